The van der Waals surface area contributed by atoms with Crippen LogP contribution in [-0.2, 0) is 14.3 Å². The Morgan fingerprint density at radius 2 is 2.22 bits per heavy atom. The fourth-order valence-corrected chi connectivity index (χ4v) is 2.13. The molecule has 1 N–H and O–H groups in total. The zero-order valence-electron chi connectivity index (χ0n) is 11.2. The number of nitrogens with one attached hydrogen (secondary N) is 1. The van der Waals surface area contributed by atoms with Gasteiger partial charge in [-0.05, 0) is 19.8 Å². The van der Waals surface area contributed by atoms with Crippen molar-refractivity contribution in [3.8, 4) is 0 Å². The number of cyclic esters (lactones) is 1. The molecule has 0 saturated carbocycles. The second-order valence-corrected chi connectivity index (χ2v) is 4.61. The van der Waals surface area contributed by atoms with E-state index in [9.17, 15) is 9.59 Å². The number of carbonyl (C=O) groups excluding carboxylic acids is 2. The van der Waals surface area contributed by atoms with Crippen molar-refractivity contribution >= 4 is 12.1 Å². The summed E-state index contributed by atoms with van der Waals surface area (Å²) in [6, 6.07) is -0.156. The van der Waals surface area contributed by atoms with Crippen LogP contribution in [0.1, 0.15) is 52.4 Å². The van der Waals surface area contributed by atoms with Gasteiger partial charge in [0.1, 0.15) is 6.10 Å². The largest absolute Gasteiger partial charge is 0.466 e. The van der Waals surface area contributed by atoms with Gasteiger partial charge in [-0.25, -0.2) is 4.79 Å². The predicted octanol–water partition coefficient (Wildman–Crippen LogP) is 2.39. The molecule has 0 aromatic heterocycles. The highest BCUT2D eigenvalue weighted by Crippen LogP contribution is 2.18. The Morgan fingerprint density at radius 1 is 1.44 bits per heavy atom. The van der Waals surface area contributed by atoms with Crippen LogP contribution in [0.3, 0.4) is 0 Å². The molecular formula is C13H23NO4. The van der Waals surface area contributed by atoms with Crippen LogP contribution in [0.5, 0.6) is 0 Å². The minimum atomic E-state index is -0.419. The molecule has 0 aromatic carbocycles. The van der Waals surface area contributed by atoms with E-state index in [0.29, 0.717) is 13.0 Å². The van der Waals surface area contributed by atoms with Gasteiger partial charge in [0.25, 0.3) is 0 Å². The van der Waals surface area contributed by atoms with E-state index in [2.05, 4.69) is 12.2 Å². The molecule has 5 heteroatoms. The third-order valence-corrected chi connectivity index (χ3v) is 2.99. The summed E-state index contributed by atoms with van der Waals surface area (Å²) in [5.74, 6) is -0.267. The van der Waals surface area contributed by atoms with Gasteiger partial charge in [0.15, 0.2) is 0 Å². The Kier molecular flexibility index (Phi) is 6.54. The molecule has 0 aromatic rings. The van der Waals surface area contributed by atoms with Gasteiger partial charge in [-0.3, -0.25) is 4.79 Å². The highest BCUT2D eigenvalue weighted by atomic mass is 16.6. The Bertz CT molecular complexity index is 280. The smallest absolute Gasteiger partial charge is 0.407 e. The molecule has 1 aliphatic rings. The van der Waals surface area contributed by atoms with Gasteiger partial charge < -0.3 is 14.8 Å². The predicted molar refractivity (Wildman–Crippen MR) is 67.2 cm³/mol. The van der Waals surface area contributed by atoms with Crippen molar-refractivity contribution in [3.63, 3.8) is 0 Å². The van der Waals surface area contributed by atoms with Crippen molar-refractivity contribution in [3.05, 3.63) is 0 Å². The van der Waals surface area contributed by atoms with E-state index in [4.69, 9.17) is 9.47 Å². The fourth-order valence-electron chi connectivity index (χ4n) is 2.13. The lowest BCUT2D eigenvalue weighted by atomic mass is 10.00. The molecule has 104 valence electrons. The summed E-state index contributed by atoms with van der Waals surface area (Å²) in [6.45, 7) is 4.28. The highest BCUT2D eigenvalue weighted by molar-refractivity contribution is 5.73. The summed E-state index contributed by atoms with van der Waals surface area (Å²) in [5.41, 5.74) is 0. The summed E-state index contributed by atoms with van der Waals surface area (Å²) in [5, 5.41) is 2.66. The highest BCUT2D eigenvalue weighted by Gasteiger charge is 2.29. The second-order valence-electron chi connectivity index (χ2n) is 4.61. The third-order valence-electron chi connectivity index (χ3n) is 2.99. The molecule has 0 unspecified atom stereocenters. The molecule has 18 heavy (non-hydrogen) atoms. The average Bonchev–Trinajstić information content (AvgIpc) is 2.28. The Balaban J connectivity index is 2.35. The zero-order valence-corrected chi connectivity index (χ0v) is 11.2. The Morgan fingerprint density at radius 3 is 2.89 bits per heavy atom. The zero-order chi connectivity index (χ0) is 13.4. The number of unbranched alkanes of at least 4 members (excludes halogenated alkanes) is 2. The van der Waals surface area contributed by atoms with Crippen LogP contribution in [-0.4, -0.2) is 30.8 Å². The molecule has 1 heterocycles. The summed E-state index contributed by atoms with van der Waals surface area (Å²) < 4.78 is 10.1. The first-order valence-electron chi connectivity index (χ1n) is 6.78. The number of amides is 1. The van der Waals surface area contributed by atoms with Crippen LogP contribution < -0.4 is 5.32 Å². The first kappa shape index (κ1) is 14.8. The van der Waals surface area contributed by atoms with Gasteiger partial charge in [-0.15, -0.1) is 0 Å². The topological polar surface area (TPSA) is 64.6 Å². The van der Waals surface area contributed by atoms with Crippen molar-refractivity contribution in [1.29, 1.82) is 0 Å². The fraction of sp³-hybridized carbons (Fsp3) is 0.846. The van der Waals surface area contributed by atoms with Crippen LogP contribution >= 0.6 is 0 Å². The molecule has 1 aliphatic heterocycles. The molecule has 0 bridgehead atoms. The third kappa shape index (κ3) is 5.38. The normalized spacial score (nSPS) is 23.1. The number of carbonyl (C=O) groups is 2. The Hall–Kier alpha value is -1.26. The minimum Gasteiger partial charge on any atom is -0.466 e. The van der Waals surface area contributed by atoms with E-state index < -0.39 is 6.09 Å². The molecule has 1 saturated heterocycles. The lowest BCUT2D eigenvalue weighted by molar-refractivity contribution is -0.144. The van der Waals surface area contributed by atoms with Crippen molar-refractivity contribution in [2.24, 2.45) is 0 Å². The van der Waals surface area contributed by atoms with Crippen LogP contribution in [0.4, 0.5) is 4.79 Å². The number of esters is 1. The van der Waals surface area contributed by atoms with Crippen LogP contribution in [0.2, 0.25) is 0 Å². The standard InChI is InChI=1S/C13H23NO4/c1-3-5-6-7-11-8-10(14-13(16)18-11)9-12(15)17-4-2/h10-11H,3-9H2,1-2H3,(H,14,16)/t10-,11-/m1/s1. The maximum absolute atomic E-state index is 11.4. The molecule has 1 rings (SSSR count). The minimum absolute atomic E-state index is 0.0651. The maximum atomic E-state index is 11.4. The lowest BCUT2D eigenvalue weighted by Crippen LogP contribution is -2.46. The van der Waals surface area contributed by atoms with Gasteiger partial charge >= 0.3 is 12.1 Å². The molecule has 1 amide bonds. The van der Waals surface area contributed by atoms with Crippen molar-refractivity contribution in [2.45, 2.75) is 64.5 Å². The van der Waals surface area contributed by atoms with E-state index in [1.165, 1.54) is 0 Å². The average molecular weight is 257 g/mol. The molecule has 5 nitrogen and oxygen atoms in total. The van der Waals surface area contributed by atoms with Crippen LogP contribution in [0.15, 0.2) is 0 Å². The van der Waals surface area contributed by atoms with Gasteiger partial charge in [0, 0.05) is 12.5 Å². The van der Waals surface area contributed by atoms with Crippen molar-refractivity contribution < 1.29 is 19.1 Å². The van der Waals surface area contributed by atoms with E-state index in [0.717, 1.165) is 25.7 Å². The van der Waals surface area contributed by atoms with E-state index in [1.807, 2.05) is 0 Å². The summed E-state index contributed by atoms with van der Waals surface area (Å²) in [4.78, 5) is 22.7. The molecule has 1 fully saturated rings. The van der Waals surface area contributed by atoms with Gasteiger partial charge in [0.2, 0.25) is 0 Å². The van der Waals surface area contributed by atoms with Crippen molar-refractivity contribution in [2.75, 3.05) is 6.61 Å². The number of rotatable bonds is 7. The molecular weight excluding hydrogens is 234 g/mol. The van der Waals surface area contributed by atoms with Gasteiger partial charge in [-0.1, -0.05) is 19.8 Å². The first-order chi connectivity index (χ1) is 8.65. The van der Waals surface area contributed by atoms with Crippen LogP contribution in [0, 0.1) is 0 Å². The molecule has 0 spiro atoms. The number of hydrogen-bond acceptors (Lipinski definition) is 4. The number of ether oxygens (including phenoxy) is 2. The van der Waals surface area contributed by atoms with Gasteiger partial charge in [0.05, 0.1) is 13.0 Å². The van der Waals surface area contributed by atoms with Crippen molar-refractivity contribution in [1.82, 2.24) is 5.32 Å². The molecule has 2 atom stereocenters. The lowest BCUT2D eigenvalue weighted by Gasteiger charge is -2.29. The molecule has 0 radical (unpaired) electrons. The monoisotopic (exact) mass is 257 g/mol. The summed E-state index contributed by atoms with van der Waals surface area (Å²) in [7, 11) is 0. The van der Waals surface area contributed by atoms with Gasteiger partial charge in [-0.2, -0.15) is 0 Å². The maximum Gasteiger partial charge on any atom is 0.407 e. The summed E-state index contributed by atoms with van der Waals surface area (Å²) in [6.07, 6.45) is 4.65. The SMILES string of the molecule is CCCCC[C@@H]1C[C@H](CC(=O)OCC)NC(=O)O1. The number of alkyl carbamates (subject to hydrolysis) is 1. The quantitative estimate of drug-likeness (QED) is 0.562. The number of hydrogen-bond donors (Lipinski definition) is 1. The Labute approximate surface area is 108 Å². The second kappa shape index (κ2) is 7.95. The van der Waals surface area contributed by atoms with Crippen LogP contribution in [0.25, 0.3) is 0 Å². The summed E-state index contributed by atoms with van der Waals surface area (Å²) >= 11 is 0. The molecule has 0 aliphatic carbocycles. The van der Waals surface area contributed by atoms with E-state index >= 15 is 0 Å². The first-order valence-corrected chi connectivity index (χ1v) is 6.78. The van der Waals surface area contributed by atoms with E-state index in [1.54, 1.807) is 6.92 Å². The van der Waals surface area contributed by atoms with E-state index in [-0.39, 0.29) is 24.5 Å².